The number of amides is 5. The predicted molar refractivity (Wildman–Crippen MR) is 340 cm³/mol. The highest BCUT2D eigenvalue weighted by atomic mass is 35.5. The molecule has 0 unspecified atom stereocenters. The molecule has 0 radical (unpaired) electrons. The topological polar surface area (TPSA) is 281 Å². The maximum Gasteiger partial charge on any atom is 0.276 e. The molecule has 3 fully saturated rings. The lowest BCUT2D eigenvalue weighted by molar-refractivity contribution is -0.115. The van der Waals surface area contributed by atoms with E-state index in [2.05, 4.69) is 62.3 Å². The van der Waals surface area contributed by atoms with Crippen molar-refractivity contribution in [2.45, 2.75) is 84.1 Å². The number of anilines is 2. The van der Waals surface area contributed by atoms with Crippen molar-refractivity contribution in [3.8, 4) is 5.75 Å². The Morgan fingerprint density at radius 3 is 1.95 bits per heavy atom. The lowest BCUT2D eigenvalue weighted by Gasteiger charge is -2.26. The average molecular weight is 1230 g/mol. The lowest BCUT2D eigenvalue weighted by atomic mass is 9.96. The van der Waals surface area contributed by atoms with Crippen molar-refractivity contribution in [2.24, 2.45) is 19.1 Å². The van der Waals surface area contributed by atoms with Gasteiger partial charge in [0.2, 0.25) is 12.3 Å². The van der Waals surface area contributed by atoms with Crippen molar-refractivity contribution in [3.05, 3.63) is 187 Å². The van der Waals surface area contributed by atoms with Crippen LogP contribution in [-0.4, -0.2) is 148 Å². The number of morpholine rings is 2. The minimum atomic E-state index is -0.290. The Morgan fingerprint density at radius 1 is 0.784 bits per heavy atom. The number of para-hydroxylation sites is 2. The van der Waals surface area contributed by atoms with Gasteiger partial charge in [-0.05, 0) is 66.6 Å². The van der Waals surface area contributed by atoms with Gasteiger partial charge in [-0.2, -0.15) is 5.10 Å². The molecule has 1 saturated carbocycles. The summed E-state index contributed by atoms with van der Waals surface area (Å²) in [6, 6.07) is 36.9. The van der Waals surface area contributed by atoms with Gasteiger partial charge in [0.05, 0.1) is 46.6 Å². The molecule has 2 aliphatic heterocycles. The molecule has 1 aliphatic carbocycles. The molecule has 2 saturated heterocycles. The molecule has 4 aromatic carbocycles. The number of carbonyl (C=O) groups excluding carboxylic acids is 5. The molecule has 3 aromatic heterocycles. The van der Waals surface area contributed by atoms with Gasteiger partial charge in [-0.3, -0.25) is 68.5 Å². The number of benzene rings is 4. The first kappa shape index (κ1) is 69.9. The van der Waals surface area contributed by atoms with Gasteiger partial charge < -0.3 is 34.6 Å². The van der Waals surface area contributed by atoms with E-state index in [1.54, 1.807) is 53.0 Å². The van der Waals surface area contributed by atoms with Crippen LogP contribution in [0.15, 0.2) is 142 Å². The Labute approximate surface area is 518 Å². The van der Waals surface area contributed by atoms with E-state index in [0.717, 1.165) is 41.8 Å². The largest absolute Gasteiger partial charge is 0.495 e. The van der Waals surface area contributed by atoms with E-state index in [9.17, 15) is 33.6 Å². The third kappa shape index (κ3) is 25.2. The van der Waals surface area contributed by atoms with Gasteiger partial charge in [0, 0.05) is 93.1 Å². The summed E-state index contributed by atoms with van der Waals surface area (Å²) in [7, 11) is 5.04. The molecule has 3 aliphatic rings. The summed E-state index contributed by atoms with van der Waals surface area (Å²) >= 11 is 6.20. The number of aryl methyl sites for hydroxylation is 2. The fourth-order valence-electron chi connectivity index (χ4n) is 8.60. The minimum Gasteiger partial charge on any atom is -0.495 e. The van der Waals surface area contributed by atoms with E-state index in [0.29, 0.717) is 105 Å². The van der Waals surface area contributed by atoms with E-state index >= 15 is 0 Å². The van der Waals surface area contributed by atoms with E-state index in [-0.39, 0.29) is 34.7 Å². The van der Waals surface area contributed by atoms with Crippen LogP contribution in [0.5, 0.6) is 5.75 Å². The molecule has 5 heterocycles. The van der Waals surface area contributed by atoms with Crippen LogP contribution in [0.4, 0.5) is 11.5 Å². The Hall–Kier alpha value is -8.90. The monoisotopic (exact) mass is 1230 g/mol. The van der Waals surface area contributed by atoms with Gasteiger partial charge >= 0.3 is 0 Å². The number of hydrogen-bond donors (Lipinski definition) is 6. The van der Waals surface area contributed by atoms with E-state index in [4.69, 9.17) is 30.6 Å². The third-order valence-electron chi connectivity index (χ3n) is 13.6. The minimum absolute atomic E-state index is 0.0510. The number of aliphatic imine (C=N–C) groups is 1. The van der Waals surface area contributed by atoms with Gasteiger partial charge in [0.25, 0.3) is 28.8 Å². The van der Waals surface area contributed by atoms with Crippen molar-refractivity contribution >= 4 is 59.4 Å². The van der Waals surface area contributed by atoms with Gasteiger partial charge in [0.1, 0.15) is 22.8 Å². The quantitative estimate of drug-likeness (QED) is 0.0229. The summed E-state index contributed by atoms with van der Waals surface area (Å²) in [5.41, 5.74) is 7.37. The normalized spacial score (nSPS) is 13.7. The summed E-state index contributed by atoms with van der Waals surface area (Å²) in [4.78, 5) is 91.5. The molecule has 472 valence electrons. The number of carbonyl (C=O) groups is 5. The summed E-state index contributed by atoms with van der Waals surface area (Å²) in [5, 5.41) is 17.8. The molecular formula is C64H83ClN12O11. The molecule has 10 rings (SSSR count). The highest BCUT2D eigenvalue weighted by molar-refractivity contribution is 6.33. The molecule has 0 spiro atoms. The first-order chi connectivity index (χ1) is 42.6. The smallest absolute Gasteiger partial charge is 0.276 e. The Bertz CT molecular complexity index is 3340. The maximum atomic E-state index is 11.9. The van der Waals surface area contributed by atoms with E-state index in [1.165, 1.54) is 60.7 Å². The van der Waals surface area contributed by atoms with Crippen molar-refractivity contribution < 1.29 is 43.0 Å². The zero-order valence-corrected chi connectivity index (χ0v) is 51.8. The van der Waals surface area contributed by atoms with Gasteiger partial charge in [0.15, 0.2) is 5.82 Å². The van der Waals surface area contributed by atoms with Crippen LogP contribution < -0.4 is 32.0 Å². The molecule has 6 N–H and O–H groups in total. The fourth-order valence-corrected chi connectivity index (χ4v) is 8.84. The van der Waals surface area contributed by atoms with E-state index < -0.39 is 0 Å². The number of methoxy groups -OCH3 is 1. The first-order valence-electron chi connectivity index (χ1n) is 29.3. The third-order valence-corrected chi connectivity index (χ3v) is 13.9. The Balaban J connectivity index is 0.000000195. The number of halogens is 1. The summed E-state index contributed by atoms with van der Waals surface area (Å²) in [6.45, 7) is 11.6. The molecule has 0 bridgehead atoms. The number of unbranched alkanes of at least 4 members (excludes halogenated alkanes) is 1. The van der Waals surface area contributed by atoms with E-state index in [1.807, 2.05) is 98.0 Å². The second kappa shape index (κ2) is 39.0. The SMILES string of the molecule is CC(C)c1ccc(C=NC(=O)c2ccccc2)c(Cl)c1.CCCCONc1ccccc1OC.Cn1[nH]c(C(=O)N2CCOCC2)cc1=O.Cn1ccc(NC(=O)Cc2ccccc2)n1.O=C(c1cc(=O)[nH][nH]1)N1CCOCC1.O=CNC1CCCCC1. The lowest BCUT2D eigenvalue weighted by Crippen LogP contribution is -2.40. The molecule has 5 amide bonds. The molecular weight excluding hydrogens is 1150 g/mol. The van der Waals surface area contributed by atoms with Crippen LogP contribution in [0.2, 0.25) is 5.02 Å². The molecule has 0 atom stereocenters. The van der Waals surface area contributed by atoms with Crippen LogP contribution in [0.3, 0.4) is 0 Å². The second-order valence-electron chi connectivity index (χ2n) is 20.6. The zero-order valence-electron chi connectivity index (χ0n) is 51.0. The van der Waals surface area contributed by atoms with Crippen molar-refractivity contribution in [3.63, 3.8) is 0 Å². The van der Waals surface area contributed by atoms with Crippen LogP contribution in [0.25, 0.3) is 0 Å². The maximum absolute atomic E-state index is 11.9. The summed E-state index contributed by atoms with van der Waals surface area (Å²) in [5.74, 6) is 1.18. The highest BCUT2D eigenvalue weighted by Crippen LogP contribution is 2.24. The van der Waals surface area contributed by atoms with Crippen molar-refractivity contribution in [1.82, 2.24) is 44.9 Å². The van der Waals surface area contributed by atoms with Crippen LogP contribution in [-0.2, 0) is 44.4 Å². The van der Waals surface area contributed by atoms with Crippen molar-refractivity contribution in [2.75, 3.05) is 77.1 Å². The Morgan fingerprint density at radius 2 is 1.41 bits per heavy atom. The average Bonchev–Trinajstić information content (AvgIpc) is 4.44. The number of rotatable bonds is 16. The number of H-pyrrole nitrogens is 3. The number of hydrogen-bond acceptors (Lipinski definition) is 13. The molecule has 23 nitrogen and oxygen atoms in total. The Kier molecular flexibility index (Phi) is 31.0. The summed E-state index contributed by atoms with van der Waals surface area (Å²) < 4.78 is 18.4. The van der Waals surface area contributed by atoms with Gasteiger partial charge in [-0.25, -0.2) is 4.99 Å². The first-order valence-corrected chi connectivity index (χ1v) is 29.7. The summed E-state index contributed by atoms with van der Waals surface area (Å²) in [6.07, 6.45) is 13.0. The number of nitrogens with one attached hydrogen (secondary N) is 6. The van der Waals surface area contributed by atoms with Gasteiger partial charge in [-0.15, -0.1) is 0 Å². The fraction of sp³-hybridized carbons (Fsp3) is 0.391. The standard InChI is InChI=1S/C17H16ClNO.C12H13N3O.C11H17NO2.C9H13N3O3.C8H11N3O3.C7H13NO/c1-12(2)14-8-9-15(16(18)10-14)11-19-17(20)13-6-4-3-5-7-13;1-15-8-7-11(14-15)13-12(16)9-10-5-3-2-4-6-10;1-3-4-9-14-12-10-7-5-6-8-11(10)13-2;1-11-8(13)6-7(10-11)9(14)12-2-4-15-5-3-12;12-7-5-6(9-10-7)8(13)11-1-3-14-4-2-11;9-6-8-7-4-2-1-3-5-7/h3-12H,1-2H3;2-8H,9H2,1H3,(H,13,14,16);5-8,12H,3-4,9H2,1-2H3;6,10H,2-5H2,1H3;5H,1-4H2,(H2,9,10,12);6-7H,1-5H2,(H,8,9). The van der Waals surface area contributed by atoms with Gasteiger partial charge in [-0.1, -0.05) is 131 Å². The van der Waals surface area contributed by atoms with Crippen LogP contribution in [0.1, 0.15) is 120 Å². The highest BCUT2D eigenvalue weighted by Gasteiger charge is 2.21. The second-order valence-corrected chi connectivity index (χ2v) is 21.0. The zero-order chi connectivity index (χ0) is 63.5. The molecule has 7 aromatic rings. The predicted octanol–water partition coefficient (Wildman–Crippen LogP) is 8.59. The number of ether oxygens (including phenoxy) is 3. The van der Waals surface area contributed by atoms with Crippen molar-refractivity contribution in [1.29, 1.82) is 0 Å². The molecule has 24 heteroatoms. The number of nitrogens with zero attached hydrogens (tertiary/aromatic N) is 6. The van der Waals surface area contributed by atoms with Crippen LogP contribution >= 0.6 is 11.6 Å². The number of aromatic nitrogens is 6. The van der Waals surface area contributed by atoms with Crippen LogP contribution in [0, 0.1) is 0 Å². The number of aromatic amines is 3. The molecule has 88 heavy (non-hydrogen) atoms.